The van der Waals surface area contributed by atoms with Crippen LogP contribution in [0.1, 0.15) is 22.8 Å². The van der Waals surface area contributed by atoms with E-state index in [1.807, 2.05) is 0 Å². The van der Waals surface area contributed by atoms with E-state index < -0.39 is 40.1 Å². The van der Waals surface area contributed by atoms with Crippen LogP contribution in [0.4, 0.5) is 11.6 Å². The number of amides is 1. The van der Waals surface area contributed by atoms with Gasteiger partial charge < -0.3 is 19.6 Å². The quantitative estimate of drug-likeness (QED) is 0.552. The fraction of sp³-hybridized carbons (Fsp3) is 0.333. The Kier molecular flexibility index (Phi) is 4.69. The van der Waals surface area contributed by atoms with Crippen molar-refractivity contribution in [2.24, 2.45) is 5.10 Å². The number of hydrazone groups is 1. The molecule has 14 heteroatoms. The number of nitrogens with one attached hydrogen (secondary N) is 1. The van der Waals surface area contributed by atoms with Gasteiger partial charge in [-0.05, 0) is 11.0 Å². The molecule has 0 spiro atoms. The predicted molar refractivity (Wildman–Crippen MR) is 92.9 cm³/mol. The number of fused-ring (bicyclic) bond motifs is 2. The monoisotopic (exact) mass is 403 g/mol. The molecular formula is C15H13N7O7. The van der Waals surface area contributed by atoms with E-state index in [1.54, 1.807) is 0 Å². The van der Waals surface area contributed by atoms with Crippen molar-refractivity contribution in [3.8, 4) is 0 Å². The highest BCUT2D eigenvalue weighted by Gasteiger charge is 2.44. The van der Waals surface area contributed by atoms with Gasteiger partial charge in [-0.2, -0.15) is 9.78 Å². The number of nitro groups is 2. The van der Waals surface area contributed by atoms with Crippen molar-refractivity contribution in [2.45, 2.75) is 24.9 Å². The molecule has 4 rings (SSSR count). The first-order valence-corrected chi connectivity index (χ1v) is 8.36. The number of nitrogens with zero attached hydrogens (tertiary/aromatic N) is 6. The normalized spacial score (nSPS) is 24.4. The lowest BCUT2D eigenvalue weighted by atomic mass is 10.0. The second-order valence-electron chi connectivity index (χ2n) is 6.24. The second kappa shape index (κ2) is 7.33. The fourth-order valence-electron chi connectivity index (χ4n) is 3.06. The molecule has 2 aliphatic rings. The third-order valence-electron chi connectivity index (χ3n) is 4.45. The minimum absolute atomic E-state index is 0.0638. The van der Waals surface area contributed by atoms with Gasteiger partial charge in [-0.25, -0.2) is 5.43 Å². The van der Waals surface area contributed by atoms with Gasteiger partial charge in [-0.3, -0.25) is 14.9 Å². The van der Waals surface area contributed by atoms with E-state index >= 15 is 0 Å². The molecule has 1 aromatic heterocycles. The Balaban J connectivity index is 1.51. The number of ether oxygens (including phenoxy) is 2. The second-order valence-corrected chi connectivity index (χ2v) is 6.24. The van der Waals surface area contributed by atoms with Crippen LogP contribution in [0.25, 0.3) is 0 Å². The summed E-state index contributed by atoms with van der Waals surface area (Å²) in [4.78, 5) is 36.2. The molecule has 150 valence electrons. The van der Waals surface area contributed by atoms with Gasteiger partial charge in [0.25, 0.3) is 11.6 Å². The summed E-state index contributed by atoms with van der Waals surface area (Å²) in [5.74, 6) is -1.18. The number of nitro benzene ring substituents is 1. The maximum atomic E-state index is 12.3. The molecule has 14 nitrogen and oxygen atoms in total. The van der Waals surface area contributed by atoms with Crippen molar-refractivity contribution < 1.29 is 24.1 Å². The fourth-order valence-corrected chi connectivity index (χ4v) is 3.06. The summed E-state index contributed by atoms with van der Waals surface area (Å²) in [6.07, 6.45) is 0.322. The average molecular weight is 403 g/mol. The highest BCUT2D eigenvalue weighted by atomic mass is 16.7. The summed E-state index contributed by atoms with van der Waals surface area (Å²) in [6, 6.07) is 4.75. The van der Waals surface area contributed by atoms with Crippen LogP contribution in [0.3, 0.4) is 0 Å². The SMILES string of the molecule is O=C(N/N=C1/CC(n2cnc([N+](=O)[O-])n2)C2COC1O2)c1cccc([N+](=O)[O-])c1. The first-order chi connectivity index (χ1) is 13.9. The van der Waals surface area contributed by atoms with Gasteiger partial charge in [-0.1, -0.05) is 11.1 Å². The van der Waals surface area contributed by atoms with Crippen LogP contribution >= 0.6 is 0 Å². The Labute approximate surface area is 161 Å². The van der Waals surface area contributed by atoms with Crippen LogP contribution in [0.5, 0.6) is 0 Å². The first-order valence-electron chi connectivity index (χ1n) is 8.36. The average Bonchev–Trinajstić information content (AvgIpc) is 3.36. The molecule has 2 fully saturated rings. The van der Waals surface area contributed by atoms with Crippen LogP contribution in [0.2, 0.25) is 0 Å². The van der Waals surface area contributed by atoms with Gasteiger partial charge in [0.15, 0.2) is 6.29 Å². The largest absolute Gasteiger partial charge is 0.490 e. The number of aromatic nitrogens is 3. The zero-order chi connectivity index (χ0) is 20.5. The topological polar surface area (TPSA) is 177 Å². The highest BCUT2D eigenvalue weighted by molar-refractivity contribution is 5.96. The summed E-state index contributed by atoms with van der Waals surface area (Å²) < 4.78 is 12.5. The number of hydrogen-bond donors (Lipinski definition) is 1. The minimum Gasteiger partial charge on any atom is -0.390 e. The van der Waals surface area contributed by atoms with E-state index in [0.717, 1.165) is 6.07 Å². The molecule has 3 unspecified atom stereocenters. The zero-order valence-corrected chi connectivity index (χ0v) is 14.6. The number of hydrogen-bond acceptors (Lipinski definition) is 10. The van der Waals surface area contributed by atoms with Crippen molar-refractivity contribution in [1.29, 1.82) is 0 Å². The predicted octanol–water partition coefficient (Wildman–Crippen LogP) is 0.567. The molecule has 0 aliphatic carbocycles. The number of carbonyl (C=O) groups excluding carboxylic acids is 1. The molecule has 29 heavy (non-hydrogen) atoms. The molecule has 3 atom stereocenters. The first kappa shape index (κ1) is 18.6. The Morgan fingerprint density at radius 2 is 2.14 bits per heavy atom. The molecule has 2 bridgehead atoms. The molecule has 2 aliphatic heterocycles. The van der Waals surface area contributed by atoms with Gasteiger partial charge in [-0.15, -0.1) is 0 Å². The van der Waals surface area contributed by atoms with Crippen LogP contribution in [0.15, 0.2) is 35.7 Å². The van der Waals surface area contributed by atoms with E-state index in [0.29, 0.717) is 5.71 Å². The molecule has 1 amide bonds. The Hall–Kier alpha value is -3.78. The third-order valence-corrected chi connectivity index (χ3v) is 4.45. The van der Waals surface area contributed by atoms with Crippen molar-refractivity contribution in [2.75, 3.05) is 6.61 Å². The molecule has 3 heterocycles. The summed E-state index contributed by atoms with van der Waals surface area (Å²) in [5, 5.41) is 29.5. The van der Waals surface area contributed by atoms with Crippen LogP contribution in [-0.2, 0) is 9.47 Å². The lowest BCUT2D eigenvalue weighted by Gasteiger charge is -2.26. The van der Waals surface area contributed by atoms with Crippen LogP contribution in [-0.4, -0.2) is 55.2 Å². The van der Waals surface area contributed by atoms with Gasteiger partial charge in [0.2, 0.25) is 6.33 Å². The van der Waals surface area contributed by atoms with Gasteiger partial charge >= 0.3 is 5.95 Å². The van der Waals surface area contributed by atoms with Gasteiger partial charge in [0.05, 0.1) is 17.2 Å². The van der Waals surface area contributed by atoms with Crippen molar-refractivity contribution >= 4 is 23.3 Å². The standard InChI is InChI=1S/C15H13N7O7/c23-13(8-2-1-3-9(4-8)21(24)25)18-17-10-5-11(12-6-28-14(10)29-12)20-7-16-15(19-20)22(26)27/h1-4,7,11-12,14H,5-6H2,(H,18,23)/b17-10-. The lowest BCUT2D eigenvalue weighted by molar-refractivity contribution is -0.394. The number of benzene rings is 1. The summed E-state index contributed by atoms with van der Waals surface area (Å²) in [7, 11) is 0. The number of non-ortho nitro benzene ring substituents is 1. The van der Waals surface area contributed by atoms with Gasteiger partial charge in [0.1, 0.15) is 12.1 Å². The summed E-state index contributed by atoms with van der Waals surface area (Å²) in [5.41, 5.74) is 2.52. The van der Waals surface area contributed by atoms with Crippen molar-refractivity contribution in [3.05, 3.63) is 56.4 Å². The lowest BCUT2D eigenvalue weighted by Crippen LogP contribution is -2.38. The highest BCUT2D eigenvalue weighted by Crippen LogP contribution is 2.33. The Morgan fingerprint density at radius 3 is 2.86 bits per heavy atom. The maximum Gasteiger partial charge on any atom is 0.490 e. The molecule has 2 saturated heterocycles. The third kappa shape index (κ3) is 3.65. The molecule has 0 saturated carbocycles. The van der Waals surface area contributed by atoms with Crippen LogP contribution in [0, 0.1) is 20.2 Å². The number of carbonyl (C=O) groups is 1. The Morgan fingerprint density at radius 1 is 1.31 bits per heavy atom. The molecular weight excluding hydrogens is 390 g/mol. The number of rotatable bonds is 5. The van der Waals surface area contributed by atoms with Gasteiger partial charge in [0, 0.05) is 29.2 Å². The Bertz CT molecular complexity index is 1020. The smallest absolute Gasteiger partial charge is 0.390 e. The van der Waals surface area contributed by atoms with Crippen LogP contribution < -0.4 is 5.43 Å². The van der Waals surface area contributed by atoms with E-state index in [-0.39, 0.29) is 24.3 Å². The molecule has 1 aromatic carbocycles. The van der Waals surface area contributed by atoms with Crippen molar-refractivity contribution in [3.63, 3.8) is 0 Å². The van der Waals surface area contributed by atoms with E-state index in [9.17, 15) is 25.0 Å². The minimum atomic E-state index is -0.764. The molecule has 2 aromatic rings. The van der Waals surface area contributed by atoms with E-state index in [4.69, 9.17) is 9.47 Å². The molecule has 1 N–H and O–H groups in total. The van der Waals surface area contributed by atoms with E-state index in [1.165, 1.54) is 29.2 Å². The molecule has 0 radical (unpaired) electrons. The zero-order valence-electron chi connectivity index (χ0n) is 14.6. The van der Waals surface area contributed by atoms with Crippen molar-refractivity contribution in [1.82, 2.24) is 20.2 Å². The summed E-state index contributed by atoms with van der Waals surface area (Å²) in [6.45, 7) is 0.223. The summed E-state index contributed by atoms with van der Waals surface area (Å²) >= 11 is 0. The maximum absolute atomic E-state index is 12.3. The van der Waals surface area contributed by atoms with E-state index in [2.05, 4.69) is 20.6 Å².